The molecule has 1 heterocycles. The summed E-state index contributed by atoms with van der Waals surface area (Å²) in [6.07, 6.45) is 3.14. The van der Waals surface area contributed by atoms with Gasteiger partial charge in [0, 0.05) is 12.1 Å². The molecule has 3 atom stereocenters. The molecule has 2 N–H and O–H groups in total. The maximum atomic E-state index is 12.5. The molecule has 2 rings (SSSR count). The third kappa shape index (κ3) is 3.11. The number of hydrogen-bond donors (Lipinski definition) is 2. The van der Waals surface area contributed by atoms with E-state index < -0.39 is 18.0 Å². The molecule has 0 spiro atoms. The van der Waals surface area contributed by atoms with Gasteiger partial charge in [-0.2, -0.15) is 0 Å². The van der Waals surface area contributed by atoms with Crippen LogP contribution < -0.4 is 10.6 Å². The van der Waals surface area contributed by atoms with E-state index in [1.165, 1.54) is 0 Å². The summed E-state index contributed by atoms with van der Waals surface area (Å²) < 4.78 is 0. The Morgan fingerprint density at radius 2 is 2.00 bits per heavy atom. The van der Waals surface area contributed by atoms with Crippen molar-refractivity contribution in [1.82, 2.24) is 15.5 Å². The molecule has 6 heteroatoms. The molecule has 0 bridgehead atoms. The van der Waals surface area contributed by atoms with Gasteiger partial charge in [-0.3, -0.25) is 14.9 Å². The molecule has 2 aliphatic rings. The second-order valence-electron chi connectivity index (χ2n) is 5.88. The average molecular weight is 281 g/mol. The fraction of sp³-hybridized carbons (Fsp3) is 0.786. The molecule has 1 saturated heterocycles. The van der Waals surface area contributed by atoms with Crippen LogP contribution in [0.4, 0.5) is 4.79 Å². The Hall–Kier alpha value is -1.59. The van der Waals surface area contributed by atoms with E-state index in [2.05, 4.69) is 31.4 Å². The van der Waals surface area contributed by atoms with Crippen LogP contribution in [0.1, 0.15) is 46.5 Å². The van der Waals surface area contributed by atoms with Crippen LogP contribution in [0.25, 0.3) is 0 Å². The summed E-state index contributed by atoms with van der Waals surface area (Å²) in [5.74, 6) is -0.0236. The number of imide groups is 1. The Kier molecular flexibility index (Phi) is 4.30. The summed E-state index contributed by atoms with van der Waals surface area (Å²) in [7, 11) is 0. The van der Waals surface area contributed by atoms with Crippen molar-refractivity contribution in [3.05, 3.63) is 0 Å². The van der Waals surface area contributed by atoms with Gasteiger partial charge in [0.25, 0.3) is 5.91 Å². The molecular formula is C14H23N3O3. The number of rotatable bonds is 6. The topological polar surface area (TPSA) is 78.5 Å². The van der Waals surface area contributed by atoms with Gasteiger partial charge in [0.2, 0.25) is 5.91 Å². The van der Waals surface area contributed by atoms with Crippen LogP contribution in [-0.4, -0.2) is 40.9 Å². The van der Waals surface area contributed by atoms with Crippen LogP contribution in [0.5, 0.6) is 0 Å². The van der Waals surface area contributed by atoms with E-state index in [1.807, 2.05) is 4.90 Å². The fourth-order valence-electron chi connectivity index (χ4n) is 2.61. The Balaban J connectivity index is 2.00. The lowest BCUT2D eigenvalue weighted by molar-refractivity contribution is -0.137. The Morgan fingerprint density at radius 3 is 2.45 bits per heavy atom. The Labute approximate surface area is 119 Å². The molecule has 0 unspecified atom stereocenters. The number of nitrogens with zero attached hydrogens (tertiary/aromatic N) is 1. The van der Waals surface area contributed by atoms with Crippen LogP contribution in [-0.2, 0) is 9.59 Å². The Morgan fingerprint density at radius 1 is 1.35 bits per heavy atom. The molecule has 2 fully saturated rings. The van der Waals surface area contributed by atoms with Crippen LogP contribution in [0.2, 0.25) is 0 Å². The number of carbonyl (C=O) groups excluding carboxylic acids is 3. The van der Waals surface area contributed by atoms with Crippen LogP contribution >= 0.6 is 0 Å². The Bertz CT molecular complexity index is 420. The summed E-state index contributed by atoms with van der Waals surface area (Å²) in [6.45, 7) is 6.32. The van der Waals surface area contributed by atoms with Gasteiger partial charge in [0.15, 0.2) is 0 Å². The van der Waals surface area contributed by atoms with Crippen molar-refractivity contribution in [1.29, 1.82) is 0 Å². The third-order valence-corrected chi connectivity index (χ3v) is 4.37. The molecule has 0 aromatic rings. The van der Waals surface area contributed by atoms with Gasteiger partial charge in [-0.15, -0.1) is 0 Å². The highest BCUT2D eigenvalue weighted by Gasteiger charge is 2.40. The normalized spacial score (nSPS) is 24.9. The van der Waals surface area contributed by atoms with E-state index in [0.717, 1.165) is 19.3 Å². The van der Waals surface area contributed by atoms with Gasteiger partial charge in [0.05, 0.1) is 6.42 Å². The van der Waals surface area contributed by atoms with Crippen LogP contribution in [0, 0.1) is 5.92 Å². The minimum atomic E-state index is -0.722. The lowest BCUT2D eigenvalue weighted by Gasteiger charge is -2.33. The molecule has 1 aliphatic heterocycles. The van der Waals surface area contributed by atoms with Gasteiger partial charge < -0.3 is 10.2 Å². The van der Waals surface area contributed by atoms with E-state index in [9.17, 15) is 14.4 Å². The highest BCUT2D eigenvalue weighted by atomic mass is 16.2. The van der Waals surface area contributed by atoms with Gasteiger partial charge >= 0.3 is 6.03 Å². The molecule has 6 nitrogen and oxygen atoms in total. The zero-order chi connectivity index (χ0) is 14.9. The first kappa shape index (κ1) is 14.8. The molecule has 20 heavy (non-hydrogen) atoms. The van der Waals surface area contributed by atoms with Crippen molar-refractivity contribution in [3.8, 4) is 0 Å². The molecule has 112 valence electrons. The van der Waals surface area contributed by atoms with Gasteiger partial charge in [0.1, 0.15) is 6.04 Å². The standard InChI is InChI=1S/C14H23N3O3/c1-4-8(2)9(3)17(10-5-6-10)12(18)7-11-13(19)16-14(20)15-11/h8-11H,4-7H2,1-3H3,(H2,15,16,19,20)/t8-,9-,11-/m0/s1. The predicted molar refractivity (Wildman–Crippen MR) is 73.9 cm³/mol. The maximum absolute atomic E-state index is 12.5. The summed E-state index contributed by atoms with van der Waals surface area (Å²) in [5.41, 5.74) is 0. The summed E-state index contributed by atoms with van der Waals surface area (Å²) >= 11 is 0. The molecule has 1 saturated carbocycles. The summed E-state index contributed by atoms with van der Waals surface area (Å²) in [6, 6.07) is -0.757. The second kappa shape index (κ2) is 5.81. The second-order valence-corrected chi connectivity index (χ2v) is 5.88. The van der Waals surface area contributed by atoms with Gasteiger partial charge in [-0.1, -0.05) is 20.3 Å². The number of urea groups is 1. The first-order valence-electron chi connectivity index (χ1n) is 7.36. The van der Waals surface area contributed by atoms with E-state index in [0.29, 0.717) is 12.0 Å². The first-order valence-corrected chi connectivity index (χ1v) is 7.36. The zero-order valence-electron chi connectivity index (χ0n) is 12.3. The van der Waals surface area contributed by atoms with Crippen molar-refractivity contribution < 1.29 is 14.4 Å². The third-order valence-electron chi connectivity index (χ3n) is 4.37. The lowest BCUT2D eigenvalue weighted by atomic mass is 9.98. The number of hydrogen-bond acceptors (Lipinski definition) is 3. The van der Waals surface area contributed by atoms with Crippen molar-refractivity contribution >= 4 is 17.8 Å². The number of nitrogens with one attached hydrogen (secondary N) is 2. The van der Waals surface area contributed by atoms with Crippen molar-refractivity contribution in [2.24, 2.45) is 5.92 Å². The average Bonchev–Trinajstić information content (AvgIpc) is 3.16. The smallest absolute Gasteiger partial charge is 0.322 e. The van der Waals surface area contributed by atoms with Crippen molar-refractivity contribution in [2.45, 2.75) is 64.6 Å². The quantitative estimate of drug-likeness (QED) is 0.713. The first-order chi connectivity index (χ1) is 9.43. The number of carbonyl (C=O) groups is 3. The van der Waals surface area contributed by atoms with E-state index in [-0.39, 0.29) is 18.4 Å². The van der Waals surface area contributed by atoms with Gasteiger partial charge in [-0.05, 0) is 25.7 Å². The molecular weight excluding hydrogens is 258 g/mol. The SMILES string of the molecule is CC[C@H](C)[C@H](C)N(C(=O)C[C@@H]1NC(=O)NC1=O)C1CC1. The lowest BCUT2D eigenvalue weighted by Crippen LogP contribution is -2.46. The minimum Gasteiger partial charge on any atom is -0.337 e. The number of amides is 4. The van der Waals surface area contributed by atoms with Crippen molar-refractivity contribution in [3.63, 3.8) is 0 Å². The highest BCUT2D eigenvalue weighted by molar-refractivity contribution is 6.05. The van der Waals surface area contributed by atoms with Crippen molar-refractivity contribution in [2.75, 3.05) is 0 Å². The fourth-order valence-corrected chi connectivity index (χ4v) is 2.61. The molecule has 1 aliphatic carbocycles. The van der Waals surface area contributed by atoms with Gasteiger partial charge in [-0.25, -0.2) is 4.79 Å². The highest BCUT2D eigenvalue weighted by Crippen LogP contribution is 2.32. The van der Waals surface area contributed by atoms with E-state index in [1.54, 1.807) is 0 Å². The van der Waals surface area contributed by atoms with Crippen LogP contribution in [0.3, 0.4) is 0 Å². The molecule has 0 aromatic carbocycles. The molecule has 0 radical (unpaired) electrons. The maximum Gasteiger partial charge on any atom is 0.322 e. The van der Waals surface area contributed by atoms with E-state index in [4.69, 9.17) is 0 Å². The van der Waals surface area contributed by atoms with Crippen LogP contribution in [0.15, 0.2) is 0 Å². The largest absolute Gasteiger partial charge is 0.337 e. The summed E-state index contributed by atoms with van der Waals surface area (Å²) in [4.78, 5) is 37.0. The minimum absolute atomic E-state index is 0.0392. The molecule has 4 amide bonds. The summed E-state index contributed by atoms with van der Waals surface area (Å²) in [5, 5.41) is 4.64. The van der Waals surface area contributed by atoms with E-state index >= 15 is 0 Å². The predicted octanol–water partition coefficient (Wildman–Crippen LogP) is 1.01. The monoisotopic (exact) mass is 281 g/mol. The zero-order valence-corrected chi connectivity index (χ0v) is 12.3. The molecule has 0 aromatic heterocycles.